The van der Waals surface area contributed by atoms with Crippen molar-refractivity contribution in [2.24, 2.45) is 0 Å². The molecule has 0 aliphatic rings. The van der Waals surface area contributed by atoms with Crippen LogP contribution in [0, 0.1) is 0 Å². The fraction of sp³-hybridized carbons (Fsp3) is 0.250. The fourth-order valence-corrected chi connectivity index (χ4v) is 0.924. The smallest absolute Gasteiger partial charge is 0.0325 e. The molecule has 0 saturated carbocycles. The highest BCUT2D eigenvalue weighted by molar-refractivity contribution is 9.10. The molecule has 0 saturated heterocycles. The van der Waals surface area contributed by atoms with Gasteiger partial charge in [0.15, 0.2) is 0 Å². The number of thioether (sulfide) groups is 1. The van der Waals surface area contributed by atoms with Crippen molar-refractivity contribution in [1.29, 1.82) is 0 Å². The third-order valence-corrected chi connectivity index (χ3v) is 1.34. The number of hydrogen-bond acceptors (Lipinski definition) is 2. The van der Waals surface area contributed by atoms with Gasteiger partial charge in [-0.15, -0.1) is 0 Å². The minimum Gasteiger partial charge on any atom is -0.399 e. The number of halogens is 1. The summed E-state index contributed by atoms with van der Waals surface area (Å²) < 4.78 is 1.03. The molecule has 2 N–H and O–H groups in total. The third kappa shape index (κ3) is 6.26. The van der Waals surface area contributed by atoms with Crippen LogP contribution in [-0.4, -0.2) is 12.5 Å². The lowest BCUT2D eigenvalue weighted by molar-refractivity contribution is 1.64. The van der Waals surface area contributed by atoms with E-state index in [0.29, 0.717) is 0 Å². The first-order valence-electron chi connectivity index (χ1n) is 3.12. The number of benzene rings is 1. The molecule has 0 atom stereocenters. The van der Waals surface area contributed by atoms with E-state index >= 15 is 0 Å². The molecule has 1 rings (SSSR count). The highest BCUT2D eigenvalue weighted by Crippen LogP contribution is 2.11. The largest absolute Gasteiger partial charge is 0.399 e. The first-order valence-corrected chi connectivity index (χ1v) is 5.54. The summed E-state index contributed by atoms with van der Waals surface area (Å²) in [7, 11) is 0. The Labute approximate surface area is 80.5 Å². The second-order valence-electron chi connectivity index (χ2n) is 1.96. The van der Waals surface area contributed by atoms with Crippen LogP contribution in [0.1, 0.15) is 0 Å². The minimum absolute atomic E-state index is 0.791. The van der Waals surface area contributed by atoms with E-state index in [1.165, 1.54) is 0 Å². The van der Waals surface area contributed by atoms with Crippen molar-refractivity contribution in [2.45, 2.75) is 0 Å². The lowest BCUT2D eigenvalue weighted by Gasteiger charge is -1.89. The van der Waals surface area contributed by atoms with E-state index in [-0.39, 0.29) is 0 Å². The SMILES string of the molecule is CSC.Nc1cccc(Br)c1. The molecule has 1 aromatic carbocycles. The van der Waals surface area contributed by atoms with Crippen LogP contribution in [0.5, 0.6) is 0 Å². The zero-order chi connectivity index (χ0) is 8.69. The molecule has 0 aliphatic carbocycles. The Morgan fingerprint density at radius 1 is 1.36 bits per heavy atom. The van der Waals surface area contributed by atoms with Crippen molar-refractivity contribution in [3.8, 4) is 0 Å². The Hall–Kier alpha value is -0.150. The Balaban J connectivity index is 0.000000292. The van der Waals surface area contributed by atoms with Crippen molar-refractivity contribution in [3.05, 3.63) is 28.7 Å². The van der Waals surface area contributed by atoms with Crippen LogP contribution in [-0.2, 0) is 0 Å². The molecule has 62 valence electrons. The molecule has 0 aromatic heterocycles. The predicted octanol–water partition coefficient (Wildman–Crippen LogP) is 3.01. The summed E-state index contributed by atoms with van der Waals surface area (Å²) >= 11 is 5.03. The third-order valence-electron chi connectivity index (χ3n) is 0.849. The molecule has 0 aliphatic heterocycles. The molecule has 0 bridgehead atoms. The fourth-order valence-electron chi connectivity index (χ4n) is 0.507. The van der Waals surface area contributed by atoms with Gasteiger partial charge in [0.05, 0.1) is 0 Å². The average Bonchev–Trinajstić information content (AvgIpc) is 1.88. The minimum atomic E-state index is 0.791. The van der Waals surface area contributed by atoms with Gasteiger partial charge in [-0.2, -0.15) is 11.8 Å². The zero-order valence-electron chi connectivity index (χ0n) is 6.67. The number of nitrogen functional groups attached to an aromatic ring is 1. The van der Waals surface area contributed by atoms with Crippen molar-refractivity contribution < 1.29 is 0 Å². The van der Waals surface area contributed by atoms with Crippen LogP contribution in [0.4, 0.5) is 5.69 Å². The van der Waals surface area contributed by atoms with Gasteiger partial charge in [0.2, 0.25) is 0 Å². The maximum Gasteiger partial charge on any atom is 0.0325 e. The van der Waals surface area contributed by atoms with Crippen molar-refractivity contribution in [3.63, 3.8) is 0 Å². The van der Waals surface area contributed by atoms with E-state index < -0.39 is 0 Å². The van der Waals surface area contributed by atoms with Crippen LogP contribution in [0.3, 0.4) is 0 Å². The van der Waals surface area contributed by atoms with Gasteiger partial charge in [0.25, 0.3) is 0 Å². The molecule has 0 heterocycles. The van der Waals surface area contributed by atoms with Crippen LogP contribution in [0.15, 0.2) is 28.7 Å². The first-order chi connectivity index (χ1) is 5.20. The van der Waals surface area contributed by atoms with Gasteiger partial charge in [-0.3, -0.25) is 0 Å². The van der Waals surface area contributed by atoms with E-state index in [1.807, 2.05) is 36.8 Å². The van der Waals surface area contributed by atoms with Gasteiger partial charge in [0.1, 0.15) is 0 Å². The second kappa shape index (κ2) is 6.55. The molecule has 0 spiro atoms. The van der Waals surface area contributed by atoms with E-state index in [0.717, 1.165) is 10.2 Å². The summed E-state index contributed by atoms with van der Waals surface area (Å²) in [5.41, 5.74) is 6.22. The highest BCUT2D eigenvalue weighted by atomic mass is 79.9. The summed E-state index contributed by atoms with van der Waals surface area (Å²) in [5, 5.41) is 0. The number of anilines is 1. The molecule has 11 heavy (non-hydrogen) atoms. The summed E-state index contributed by atoms with van der Waals surface area (Å²) in [6.45, 7) is 0. The Morgan fingerprint density at radius 3 is 2.18 bits per heavy atom. The van der Waals surface area contributed by atoms with E-state index in [4.69, 9.17) is 5.73 Å². The lowest BCUT2D eigenvalue weighted by Crippen LogP contribution is -1.80. The van der Waals surface area contributed by atoms with Gasteiger partial charge in [-0.25, -0.2) is 0 Å². The van der Waals surface area contributed by atoms with E-state index in [1.54, 1.807) is 11.8 Å². The van der Waals surface area contributed by atoms with Crippen molar-refractivity contribution in [2.75, 3.05) is 18.2 Å². The van der Waals surface area contributed by atoms with E-state index in [2.05, 4.69) is 15.9 Å². The Bertz CT molecular complexity index is 186. The van der Waals surface area contributed by atoms with Gasteiger partial charge in [0, 0.05) is 10.2 Å². The topological polar surface area (TPSA) is 26.0 Å². The standard InChI is InChI=1S/C6H6BrN.C2H6S/c7-5-2-1-3-6(8)4-5;1-3-2/h1-4H,8H2;1-2H3. The lowest BCUT2D eigenvalue weighted by atomic mass is 10.3. The van der Waals surface area contributed by atoms with Crippen LogP contribution >= 0.6 is 27.7 Å². The molecular formula is C8H12BrNS. The van der Waals surface area contributed by atoms with Crippen LogP contribution in [0.25, 0.3) is 0 Å². The summed E-state index contributed by atoms with van der Waals surface area (Å²) in [6.07, 6.45) is 4.08. The second-order valence-corrected chi connectivity index (χ2v) is 3.70. The normalized spacial score (nSPS) is 8.27. The Kier molecular flexibility index (Phi) is 6.46. The zero-order valence-corrected chi connectivity index (χ0v) is 9.08. The molecule has 1 nitrogen and oxygen atoms in total. The first kappa shape index (κ1) is 10.8. The van der Waals surface area contributed by atoms with Gasteiger partial charge < -0.3 is 5.73 Å². The summed E-state index contributed by atoms with van der Waals surface area (Å²) in [6, 6.07) is 7.56. The summed E-state index contributed by atoms with van der Waals surface area (Å²) in [5.74, 6) is 0. The van der Waals surface area contributed by atoms with Gasteiger partial charge >= 0.3 is 0 Å². The molecule has 0 amide bonds. The quantitative estimate of drug-likeness (QED) is 0.698. The molecule has 0 unspecified atom stereocenters. The van der Waals surface area contributed by atoms with Crippen LogP contribution in [0.2, 0.25) is 0 Å². The monoisotopic (exact) mass is 233 g/mol. The molecule has 1 aromatic rings. The van der Waals surface area contributed by atoms with Crippen LogP contribution < -0.4 is 5.73 Å². The average molecular weight is 234 g/mol. The van der Waals surface area contributed by atoms with Gasteiger partial charge in [-0.1, -0.05) is 22.0 Å². The maximum absolute atomic E-state index is 5.43. The number of nitrogens with two attached hydrogens (primary N) is 1. The van der Waals surface area contributed by atoms with Crippen molar-refractivity contribution in [1.82, 2.24) is 0 Å². The molecular weight excluding hydrogens is 222 g/mol. The van der Waals surface area contributed by atoms with E-state index in [9.17, 15) is 0 Å². The van der Waals surface area contributed by atoms with Crippen molar-refractivity contribution >= 4 is 33.4 Å². The number of rotatable bonds is 0. The molecule has 3 heteroatoms. The maximum atomic E-state index is 5.43. The van der Waals surface area contributed by atoms with Gasteiger partial charge in [-0.05, 0) is 30.7 Å². The predicted molar refractivity (Wildman–Crippen MR) is 58.0 cm³/mol. The molecule has 0 radical (unpaired) electrons. The molecule has 0 fully saturated rings. The number of hydrogen-bond donors (Lipinski definition) is 1. The highest BCUT2D eigenvalue weighted by Gasteiger charge is 1.82. The summed E-state index contributed by atoms with van der Waals surface area (Å²) in [4.78, 5) is 0. The Morgan fingerprint density at radius 2 is 1.91 bits per heavy atom.